The molecule has 0 aliphatic heterocycles. The summed E-state index contributed by atoms with van der Waals surface area (Å²) < 4.78 is 1.89. The van der Waals surface area contributed by atoms with E-state index in [2.05, 4.69) is 31.8 Å². The Labute approximate surface area is 104 Å². The van der Waals surface area contributed by atoms with Gasteiger partial charge in [0.2, 0.25) is 0 Å². The average Bonchev–Trinajstić information content (AvgIpc) is 2.62. The maximum atomic E-state index is 10.5. The standard InChI is InChI=1S/C14H24N2O/c1-13(2,3)9-11(12(17)14(4,5)6)16-8-7-15-10-16/h7-10,12,17H,1-6H3/b11-9-. The van der Waals surface area contributed by atoms with Crippen molar-refractivity contribution in [1.82, 2.24) is 9.55 Å². The molecule has 96 valence electrons. The van der Waals surface area contributed by atoms with Crippen molar-refractivity contribution in [2.45, 2.75) is 47.6 Å². The Morgan fingerprint density at radius 3 is 2.18 bits per heavy atom. The molecule has 1 unspecified atom stereocenters. The van der Waals surface area contributed by atoms with Crippen LogP contribution in [0.1, 0.15) is 41.5 Å². The average molecular weight is 236 g/mol. The minimum atomic E-state index is -0.518. The van der Waals surface area contributed by atoms with Crippen molar-refractivity contribution in [2.24, 2.45) is 10.8 Å². The summed E-state index contributed by atoms with van der Waals surface area (Å²) in [7, 11) is 0. The molecule has 1 atom stereocenters. The van der Waals surface area contributed by atoms with Gasteiger partial charge in [-0.1, -0.05) is 47.6 Å². The molecule has 3 nitrogen and oxygen atoms in total. The summed E-state index contributed by atoms with van der Waals surface area (Å²) in [5.74, 6) is 0. The van der Waals surface area contributed by atoms with Crippen LogP contribution >= 0.6 is 0 Å². The van der Waals surface area contributed by atoms with E-state index >= 15 is 0 Å². The van der Waals surface area contributed by atoms with Gasteiger partial charge in [0, 0.05) is 18.1 Å². The Kier molecular flexibility index (Phi) is 3.82. The zero-order valence-electron chi connectivity index (χ0n) is 11.7. The van der Waals surface area contributed by atoms with Gasteiger partial charge < -0.3 is 9.67 Å². The Balaban J connectivity index is 3.18. The fourth-order valence-electron chi connectivity index (χ4n) is 1.59. The number of allylic oxidation sites excluding steroid dienone is 1. The van der Waals surface area contributed by atoms with E-state index in [1.54, 1.807) is 12.5 Å². The molecule has 0 aromatic carbocycles. The normalized spacial score (nSPS) is 16.1. The lowest BCUT2D eigenvalue weighted by atomic mass is 9.84. The molecule has 3 heteroatoms. The van der Waals surface area contributed by atoms with Gasteiger partial charge in [0.05, 0.1) is 12.4 Å². The van der Waals surface area contributed by atoms with Crippen molar-refractivity contribution in [1.29, 1.82) is 0 Å². The number of hydrogen-bond acceptors (Lipinski definition) is 2. The SMILES string of the molecule is CC(C)(C)/C=C(/C(O)C(C)(C)C)n1ccnc1. The molecule has 1 heterocycles. The molecule has 0 saturated carbocycles. The summed E-state index contributed by atoms with van der Waals surface area (Å²) in [6.07, 6.45) is 6.91. The molecular weight excluding hydrogens is 212 g/mol. The molecule has 0 fully saturated rings. The van der Waals surface area contributed by atoms with Crippen LogP contribution in [0.4, 0.5) is 0 Å². The van der Waals surface area contributed by atoms with Gasteiger partial charge >= 0.3 is 0 Å². The molecule has 0 saturated heterocycles. The van der Waals surface area contributed by atoms with Gasteiger partial charge in [0.25, 0.3) is 0 Å². The van der Waals surface area contributed by atoms with Crippen molar-refractivity contribution in [2.75, 3.05) is 0 Å². The number of hydrogen-bond donors (Lipinski definition) is 1. The minimum absolute atomic E-state index is 0.0197. The molecule has 1 rings (SSSR count). The monoisotopic (exact) mass is 236 g/mol. The highest BCUT2D eigenvalue weighted by atomic mass is 16.3. The molecule has 1 aromatic rings. The molecular formula is C14H24N2O. The van der Waals surface area contributed by atoms with Crippen molar-refractivity contribution in [3.05, 3.63) is 24.8 Å². The van der Waals surface area contributed by atoms with Crippen LogP contribution in [0.25, 0.3) is 5.70 Å². The second-order valence-electron chi connectivity index (χ2n) is 6.67. The summed E-state index contributed by atoms with van der Waals surface area (Å²) in [6.45, 7) is 12.5. The summed E-state index contributed by atoms with van der Waals surface area (Å²) >= 11 is 0. The Morgan fingerprint density at radius 2 is 1.82 bits per heavy atom. The predicted octanol–water partition coefficient (Wildman–Crippen LogP) is 3.18. The second kappa shape index (κ2) is 4.65. The first-order valence-corrected chi connectivity index (χ1v) is 6.00. The van der Waals surface area contributed by atoms with E-state index in [4.69, 9.17) is 0 Å². The van der Waals surface area contributed by atoms with Gasteiger partial charge in [-0.05, 0) is 10.8 Å². The first-order chi connectivity index (χ1) is 7.61. The molecule has 1 aromatic heterocycles. The van der Waals surface area contributed by atoms with Crippen LogP contribution in [0.3, 0.4) is 0 Å². The molecule has 0 amide bonds. The van der Waals surface area contributed by atoms with E-state index in [-0.39, 0.29) is 10.8 Å². The number of aliphatic hydroxyl groups is 1. The highest BCUT2D eigenvalue weighted by Gasteiger charge is 2.28. The van der Waals surface area contributed by atoms with Crippen molar-refractivity contribution in [3.8, 4) is 0 Å². The van der Waals surface area contributed by atoms with Gasteiger partial charge in [-0.25, -0.2) is 4.98 Å². The first-order valence-electron chi connectivity index (χ1n) is 6.00. The van der Waals surface area contributed by atoms with Crippen molar-refractivity contribution >= 4 is 5.70 Å². The summed E-state index contributed by atoms with van der Waals surface area (Å²) in [5.41, 5.74) is 0.718. The van der Waals surface area contributed by atoms with Crippen LogP contribution in [-0.4, -0.2) is 20.8 Å². The maximum Gasteiger partial charge on any atom is 0.0989 e. The molecule has 0 bridgehead atoms. The highest BCUT2D eigenvalue weighted by molar-refractivity contribution is 5.51. The van der Waals surface area contributed by atoms with E-state index < -0.39 is 6.10 Å². The third kappa shape index (κ3) is 4.00. The lowest BCUT2D eigenvalue weighted by Crippen LogP contribution is -2.30. The van der Waals surface area contributed by atoms with Gasteiger partial charge in [-0.15, -0.1) is 0 Å². The van der Waals surface area contributed by atoms with E-state index in [1.165, 1.54) is 0 Å². The smallest absolute Gasteiger partial charge is 0.0989 e. The van der Waals surface area contributed by atoms with Crippen molar-refractivity contribution < 1.29 is 5.11 Å². The summed E-state index contributed by atoms with van der Waals surface area (Å²) in [5, 5.41) is 10.5. The maximum absolute atomic E-state index is 10.5. The number of imidazole rings is 1. The van der Waals surface area contributed by atoms with Gasteiger partial charge in [0.15, 0.2) is 0 Å². The zero-order valence-corrected chi connectivity index (χ0v) is 11.7. The Bertz CT molecular complexity index is 377. The minimum Gasteiger partial charge on any atom is -0.386 e. The van der Waals surface area contributed by atoms with Crippen LogP contribution < -0.4 is 0 Å². The first kappa shape index (κ1) is 14.0. The molecule has 0 aliphatic carbocycles. The van der Waals surface area contributed by atoms with Crippen LogP contribution in [0.5, 0.6) is 0 Å². The third-order valence-electron chi connectivity index (χ3n) is 2.48. The van der Waals surface area contributed by atoms with Gasteiger partial charge in [-0.3, -0.25) is 0 Å². The predicted molar refractivity (Wildman–Crippen MR) is 71.4 cm³/mol. The highest BCUT2D eigenvalue weighted by Crippen LogP contribution is 2.30. The quantitative estimate of drug-likeness (QED) is 0.856. The fourth-order valence-corrected chi connectivity index (χ4v) is 1.59. The van der Waals surface area contributed by atoms with E-state index in [0.717, 1.165) is 5.70 Å². The topological polar surface area (TPSA) is 38.0 Å². The lowest BCUT2D eigenvalue weighted by molar-refractivity contribution is 0.108. The van der Waals surface area contributed by atoms with Crippen LogP contribution in [0, 0.1) is 10.8 Å². The largest absolute Gasteiger partial charge is 0.386 e. The lowest BCUT2D eigenvalue weighted by Gasteiger charge is -2.30. The van der Waals surface area contributed by atoms with Gasteiger partial charge in [-0.2, -0.15) is 0 Å². The molecule has 1 N–H and O–H groups in total. The van der Waals surface area contributed by atoms with Crippen LogP contribution in [0.15, 0.2) is 24.8 Å². The van der Waals surface area contributed by atoms with E-state index in [0.29, 0.717) is 0 Å². The molecule has 0 spiro atoms. The molecule has 0 radical (unpaired) electrons. The third-order valence-corrected chi connectivity index (χ3v) is 2.48. The Hall–Kier alpha value is -1.09. The number of aliphatic hydroxyl groups excluding tert-OH is 1. The van der Waals surface area contributed by atoms with Crippen LogP contribution in [-0.2, 0) is 0 Å². The zero-order chi connectivity index (χ0) is 13.3. The summed E-state index contributed by atoms with van der Waals surface area (Å²) in [4.78, 5) is 4.05. The summed E-state index contributed by atoms with van der Waals surface area (Å²) in [6, 6.07) is 0. The fraction of sp³-hybridized carbons (Fsp3) is 0.643. The number of rotatable bonds is 2. The number of nitrogens with zero attached hydrogens (tertiary/aromatic N) is 2. The Morgan fingerprint density at radius 1 is 1.24 bits per heavy atom. The number of aromatic nitrogens is 2. The molecule has 0 aliphatic rings. The van der Waals surface area contributed by atoms with Crippen LogP contribution in [0.2, 0.25) is 0 Å². The van der Waals surface area contributed by atoms with E-state index in [9.17, 15) is 5.11 Å². The molecule has 17 heavy (non-hydrogen) atoms. The van der Waals surface area contributed by atoms with Gasteiger partial charge in [0.1, 0.15) is 0 Å². The van der Waals surface area contributed by atoms with E-state index in [1.807, 2.05) is 31.5 Å². The van der Waals surface area contributed by atoms with Crippen molar-refractivity contribution in [3.63, 3.8) is 0 Å². The second-order valence-corrected chi connectivity index (χ2v) is 6.67.